The third-order valence-corrected chi connectivity index (χ3v) is 3.05. The zero-order valence-electron chi connectivity index (χ0n) is 11.3. The van der Waals surface area contributed by atoms with Gasteiger partial charge in [-0.3, -0.25) is 0 Å². The lowest BCUT2D eigenvalue weighted by atomic mass is 9.89. The lowest BCUT2D eigenvalue weighted by molar-refractivity contribution is 0.148. The average Bonchev–Trinajstić information content (AvgIpc) is 2.29. The Hall–Kier alpha value is -0.860. The molecule has 1 aromatic carbocycles. The number of aliphatic hydroxyl groups is 1. The molecule has 0 aromatic heterocycles. The lowest BCUT2D eigenvalue weighted by Crippen LogP contribution is -2.20. The maximum atomic E-state index is 9.14. The van der Waals surface area contributed by atoms with Crippen LogP contribution in [0.4, 0.5) is 0 Å². The van der Waals surface area contributed by atoms with Crippen molar-refractivity contribution in [2.45, 2.75) is 40.2 Å². The largest absolute Gasteiger partial charge is 0.396 e. The van der Waals surface area contributed by atoms with Gasteiger partial charge in [0.25, 0.3) is 0 Å². The second-order valence-corrected chi connectivity index (χ2v) is 5.59. The summed E-state index contributed by atoms with van der Waals surface area (Å²) in [6.45, 7) is 8.54. The standard InChI is InChI=1S/C15H25NO/c1-13-6-4-7-14(10-13)11-16-9-5-8-15(2,3)12-17/h4,6-7,10,16-17H,5,8-9,11-12H2,1-3H3. The first-order valence-electron chi connectivity index (χ1n) is 6.41. The topological polar surface area (TPSA) is 32.3 Å². The summed E-state index contributed by atoms with van der Waals surface area (Å²) < 4.78 is 0. The molecular formula is C15H25NO. The Kier molecular flexibility index (Phi) is 5.66. The summed E-state index contributed by atoms with van der Waals surface area (Å²) in [4.78, 5) is 0. The summed E-state index contributed by atoms with van der Waals surface area (Å²) in [5.41, 5.74) is 2.71. The van der Waals surface area contributed by atoms with E-state index in [4.69, 9.17) is 5.11 Å². The molecule has 0 fully saturated rings. The Morgan fingerprint density at radius 2 is 2.06 bits per heavy atom. The molecule has 96 valence electrons. The molecule has 0 bridgehead atoms. The Morgan fingerprint density at radius 1 is 1.29 bits per heavy atom. The SMILES string of the molecule is Cc1cccc(CNCCCC(C)(C)CO)c1. The summed E-state index contributed by atoms with van der Waals surface area (Å²) >= 11 is 0. The first kappa shape index (κ1) is 14.2. The van der Waals surface area contributed by atoms with E-state index >= 15 is 0 Å². The fraction of sp³-hybridized carbons (Fsp3) is 0.600. The van der Waals surface area contributed by atoms with E-state index in [1.54, 1.807) is 0 Å². The fourth-order valence-electron chi connectivity index (χ4n) is 1.83. The van der Waals surface area contributed by atoms with Crippen LogP contribution in [0.15, 0.2) is 24.3 Å². The van der Waals surface area contributed by atoms with Crippen molar-refractivity contribution < 1.29 is 5.11 Å². The number of aliphatic hydroxyl groups excluding tert-OH is 1. The molecule has 17 heavy (non-hydrogen) atoms. The Morgan fingerprint density at radius 3 is 2.71 bits per heavy atom. The highest BCUT2D eigenvalue weighted by molar-refractivity contribution is 5.21. The van der Waals surface area contributed by atoms with Crippen LogP contribution in [0, 0.1) is 12.3 Å². The van der Waals surface area contributed by atoms with Crippen molar-refractivity contribution >= 4 is 0 Å². The smallest absolute Gasteiger partial charge is 0.0482 e. The van der Waals surface area contributed by atoms with Gasteiger partial charge in [-0.15, -0.1) is 0 Å². The van der Waals surface area contributed by atoms with Gasteiger partial charge in [0.15, 0.2) is 0 Å². The predicted octanol–water partition coefficient (Wildman–Crippen LogP) is 2.88. The molecule has 0 heterocycles. The van der Waals surface area contributed by atoms with Crippen molar-refractivity contribution in [3.05, 3.63) is 35.4 Å². The molecule has 0 aliphatic heterocycles. The van der Waals surface area contributed by atoms with Gasteiger partial charge in [-0.2, -0.15) is 0 Å². The second kappa shape index (κ2) is 6.77. The summed E-state index contributed by atoms with van der Waals surface area (Å²) in [5.74, 6) is 0. The van der Waals surface area contributed by atoms with Gasteiger partial charge in [-0.1, -0.05) is 43.7 Å². The van der Waals surface area contributed by atoms with E-state index in [2.05, 4.69) is 50.4 Å². The van der Waals surface area contributed by atoms with Crippen LogP contribution in [0.5, 0.6) is 0 Å². The Labute approximate surface area is 105 Å². The normalized spacial score (nSPS) is 11.8. The van der Waals surface area contributed by atoms with Crippen molar-refractivity contribution in [3.63, 3.8) is 0 Å². The molecule has 2 heteroatoms. The first-order chi connectivity index (χ1) is 8.03. The molecular weight excluding hydrogens is 210 g/mol. The number of hydrogen-bond acceptors (Lipinski definition) is 2. The van der Waals surface area contributed by atoms with Crippen LogP contribution in [0.25, 0.3) is 0 Å². The van der Waals surface area contributed by atoms with Gasteiger partial charge in [-0.25, -0.2) is 0 Å². The zero-order valence-corrected chi connectivity index (χ0v) is 11.3. The molecule has 0 spiro atoms. The van der Waals surface area contributed by atoms with Gasteiger partial charge in [0.1, 0.15) is 0 Å². The highest BCUT2D eigenvalue weighted by Gasteiger charge is 2.14. The third kappa shape index (κ3) is 5.85. The predicted molar refractivity (Wildman–Crippen MR) is 73.0 cm³/mol. The zero-order chi connectivity index (χ0) is 12.7. The van der Waals surface area contributed by atoms with Crippen molar-refractivity contribution in [1.29, 1.82) is 0 Å². The quantitative estimate of drug-likeness (QED) is 0.712. The first-order valence-corrected chi connectivity index (χ1v) is 6.41. The lowest BCUT2D eigenvalue weighted by Gasteiger charge is -2.21. The van der Waals surface area contributed by atoms with Crippen LogP contribution in [-0.4, -0.2) is 18.3 Å². The van der Waals surface area contributed by atoms with E-state index in [0.29, 0.717) is 0 Å². The van der Waals surface area contributed by atoms with E-state index in [1.807, 2.05) is 0 Å². The van der Waals surface area contributed by atoms with Crippen LogP contribution < -0.4 is 5.32 Å². The fourth-order valence-corrected chi connectivity index (χ4v) is 1.83. The molecule has 0 atom stereocenters. The minimum atomic E-state index is 0.0605. The highest BCUT2D eigenvalue weighted by Crippen LogP contribution is 2.20. The third-order valence-electron chi connectivity index (χ3n) is 3.05. The van der Waals surface area contributed by atoms with Crippen LogP contribution in [0.3, 0.4) is 0 Å². The summed E-state index contributed by atoms with van der Waals surface area (Å²) in [6.07, 6.45) is 2.17. The van der Waals surface area contributed by atoms with Crippen LogP contribution in [-0.2, 0) is 6.54 Å². The Bertz CT molecular complexity index is 333. The van der Waals surface area contributed by atoms with E-state index < -0.39 is 0 Å². The van der Waals surface area contributed by atoms with E-state index in [9.17, 15) is 0 Å². The number of aryl methyl sites for hydroxylation is 1. The molecule has 0 aliphatic rings. The summed E-state index contributed by atoms with van der Waals surface area (Å²) in [6, 6.07) is 8.58. The van der Waals surface area contributed by atoms with E-state index in [-0.39, 0.29) is 12.0 Å². The second-order valence-electron chi connectivity index (χ2n) is 5.59. The van der Waals surface area contributed by atoms with Gasteiger partial charge in [0.2, 0.25) is 0 Å². The maximum absolute atomic E-state index is 9.14. The van der Waals surface area contributed by atoms with Crippen molar-refractivity contribution in [2.75, 3.05) is 13.2 Å². The maximum Gasteiger partial charge on any atom is 0.0482 e. The molecule has 2 N–H and O–H groups in total. The average molecular weight is 235 g/mol. The van der Waals surface area contributed by atoms with Crippen LogP contribution in [0.1, 0.15) is 37.8 Å². The minimum Gasteiger partial charge on any atom is -0.396 e. The molecule has 0 radical (unpaired) electrons. The Balaban J connectivity index is 2.17. The van der Waals surface area contributed by atoms with Crippen LogP contribution in [0.2, 0.25) is 0 Å². The van der Waals surface area contributed by atoms with Crippen molar-refractivity contribution in [3.8, 4) is 0 Å². The molecule has 2 nitrogen and oxygen atoms in total. The van der Waals surface area contributed by atoms with E-state index in [0.717, 1.165) is 25.9 Å². The highest BCUT2D eigenvalue weighted by atomic mass is 16.3. The minimum absolute atomic E-state index is 0.0605. The number of rotatable bonds is 7. The summed E-state index contributed by atoms with van der Waals surface area (Å²) in [7, 11) is 0. The molecule has 0 amide bonds. The van der Waals surface area contributed by atoms with Gasteiger partial charge >= 0.3 is 0 Å². The number of benzene rings is 1. The molecule has 1 aromatic rings. The number of nitrogens with one attached hydrogen (secondary N) is 1. The van der Waals surface area contributed by atoms with Gasteiger partial charge < -0.3 is 10.4 Å². The molecule has 0 saturated carbocycles. The van der Waals surface area contributed by atoms with Gasteiger partial charge in [-0.05, 0) is 37.3 Å². The molecule has 0 saturated heterocycles. The molecule has 0 unspecified atom stereocenters. The van der Waals surface area contributed by atoms with Gasteiger partial charge in [0, 0.05) is 13.2 Å². The molecule has 1 rings (SSSR count). The van der Waals surface area contributed by atoms with E-state index in [1.165, 1.54) is 11.1 Å². The van der Waals surface area contributed by atoms with Gasteiger partial charge in [0.05, 0.1) is 0 Å². The molecule has 0 aliphatic carbocycles. The van der Waals surface area contributed by atoms with Crippen LogP contribution >= 0.6 is 0 Å². The monoisotopic (exact) mass is 235 g/mol. The number of hydrogen-bond donors (Lipinski definition) is 2. The summed E-state index contributed by atoms with van der Waals surface area (Å²) in [5, 5.41) is 12.6. The van der Waals surface area contributed by atoms with Crippen molar-refractivity contribution in [2.24, 2.45) is 5.41 Å². The van der Waals surface area contributed by atoms with Crippen molar-refractivity contribution in [1.82, 2.24) is 5.32 Å².